The molecular formula is C13H17. The van der Waals surface area contributed by atoms with Crippen molar-refractivity contribution in [2.24, 2.45) is 0 Å². The largest absolute Gasteiger partial charge is 0.0845 e. The van der Waals surface area contributed by atoms with Gasteiger partial charge in [0.05, 0.1) is 0 Å². The molecule has 69 valence electrons. The molecule has 0 aliphatic carbocycles. The minimum atomic E-state index is 1.15. The van der Waals surface area contributed by atoms with Gasteiger partial charge in [0.15, 0.2) is 0 Å². The Bertz CT molecular complexity index is 214. The topological polar surface area (TPSA) is 0 Å². The Morgan fingerprint density at radius 3 is 1.92 bits per heavy atom. The maximum absolute atomic E-state index is 5.15. The number of hydrogen-bond donors (Lipinski definition) is 0. The normalized spacial score (nSPS) is 12.7. The van der Waals surface area contributed by atoms with Crippen LogP contribution < -0.4 is 0 Å². The Morgan fingerprint density at radius 2 is 1.38 bits per heavy atom. The van der Waals surface area contributed by atoms with Crippen LogP contribution in [-0.2, 0) is 0 Å². The number of unbranched alkanes of at least 4 members (excludes halogenated alkanes) is 1. The zero-order valence-electron chi connectivity index (χ0n) is 8.19. The van der Waals surface area contributed by atoms with E-state index in [4.69, 9.17) is 6.58 Å². The van der Waals surface area contributed by atoms with Crippen molar-refractivity contribution in [3.8, 4) is 0 Å². The fraction of sp³-hybridized carbons (Fsp3) is 0.231. The zero-order chi connectivity index (χ0) is 9.78. The van der Waals surface area contributed by atoms with Crippen LogP contribution >= 0.6 is 0 Å². The van der Waals surface area contributed by atoms with E-state index in [0.29, 0.717) is 0 Å². The van der Waals surface area contributed by atoms with Gasteiger partial charge in [-0.3, -0.25) is 0 Å². The van der Waals surface area contributed by atoms with Crippen LogP contribution in [0, 0.1) is 6.58 Å². The highest BCUT2D eigenvalue weighted by atomic mass is 13.7. The molecule has 0 aromatic heterocycles. The van der Waals surface area contributed by atoms with E-state index in [-0.39, 0.29) is 0 Å². The van der Waals surface area contributed by atoms with E-state index < -0.39 is 0 Å². The Kier molecular flexibility index (Phi) is 9.63. The molecule has 0 heterocycles. The minimum absolute atomic E-state index is 1.15. The Hall–Kier alpha value is -1.30. The standard InChI is InChI=1S/C13H17/c1-3-5-7-9-11-13-12-10-8-6-4-2/h1,3,5,7-13H,4,6H2,2H3/b3-1?,7-5+,10-8+,11-9+,13-12+. The summed E-state index contributed by atoms with van der Waals surface area (Å²) in [5.74, 6) is 0. The first-order valence-electron chi connectivity index (χ1n) is 4.62. The molecule has 0 unspecified atom stereocenters. The SMILES string of the molecule is [CH]=C/C=C/C=C/C=C/C=C/CCC. The van der Waals surface area contributed by atoms with Crippen LogP contribution in [0.4, 0.5) is 0 Å². The van der Waals surface area contributed by atoms with Crippen LogP contribution in [0.2, 0.25) is 0 Å². The fourth-order valence-corrected chi connectivity index (χ4v) is 0.726. The summed E-state index contributed by atoms with van der Waals surface area (Å²) in [7, 11) is 0. The average molecular weight is 173 g/mol. The summed E-state index contributed by atoms with van der Waals surface area (Å²) < 4.78 is 0. The third-order valence-electron chi connectivity index (χ3n) is 1.37. The summed E-state index contributed by atoms with van der Waals surface area (Å²) in [6.07, 6.45) is 19.7. The molecule has 0 saturated heterocycles. The lowest BCUT2D eigenvalue weighted by Gasteiger charge is -1.79. The first kappa shape index (κ1) is 11.7. The lowest BCUT2D eigenvalue weighted by Crippen LogP contribution is -1.58. The summed E-state index contributed by atoms with van der Waals surface area (Å²) in [5, 5.41) is 0. The Labute approximate surface area is 81.7 Å². The molecule has 0 amide bonds. The summed E-state index contributed by atoms with van der Waals surface area (Å²) in [5.41, 5.74) is 0. The molecular weight excluding hydrogens is 156 g/mol. The van der Waals surface area contributed by atoms with Gasteiger partial charge in [0.1, 0.15) is 0 Å². The quantitative estimate of drug-likeness (QED) is 0.532. The van der Waals surface area contributed by atoms with Gasteiger partial charge in [0, 0.05) is 0 Å². The second-order valence-corrected chi connectivity index (χ2v) is 2.56. The smallest absolute Gasteiger partial charge is 0.0350 e. The molecule has 13 heavy (non-hydrogen) atoms. The van der Waals surface area contributed by atoms with Gasteiger partial charge in [0.25, 0.3) is 0 Å². The molecule has 0 saturated carbocycles. The second-order valence-electron chi connectivity index (χ2n) is 2.56. The van der Waals surface area contributed by atoms with E-state index >= 15 is 0 Å². The van der Waals surface area contributed by atoms with Crippen molar-refractivity contribution in [1.82, 2.24) is 0 Å². The van der Waals surface area contributed by atoms with Crippen LogP contribution in [0.25, 0.3) is 0 Å². The highest BCUT2D eigenvalue weighted by molar-refractivity contribution is 5.16. The van der Waals surface area contributed by atoms with Crippen LogP contribution in [0.15, 0.2) is 54.7 Å². The molecule has 1 radical (unpaired) electrons. The first-order valence-corrected chi connectivity index (χ1v) is 4.62. The van der Waals surface area contributed by atoms with E-state index in [1.165, 1.54) is 12.5 Å². The maximum atomic E-state index is 5.15. The van der Waals surface area contributed by atoms with Gasteiger partial charge in [-0.05, 0) is 6.42 Å². The van der Waals surface area contributed by atoms with Crippen molar-refractivity contribution >= 4 is 0 Å². The van der Waals surface area contributed by atoms with E-state index in [9.17, 15) is 0 Å². The number of hydrogen-bond acceptors (Lipinski definition) is 0. The second kappa shape index (κ2) is 10.7. The van der Waals surface area contributed by atoms with Gasteiger partial charge in [-0.2, -0.15) is 0 Å². The van der Waals surface area contributed by atoms with Crippen molar-refractivity contribution in [2.75, 3.05) is 0 Å². The zero-order valence-corrected chi connectivity index (χ0v) is 8.19. The molecule has 0 fully saturated rings. The Morgan fingerprint density at radius 1 is 0.846 bits per heavy atom. The van der Waals surface area contributed by atoms with Crippen molar-refractivity contribution in [1.29, 1.82) is 0 Å². The Balaban J connectivity index is 3.56. The molecule has 0 spiro atoms. The number of allylic oxidation sites excluding steroid dienone is 9. The van der Waals surface area contributed by atoms with Crippen LogP contribution in [0.1, 0.15) is 19.8 Å². The van der Waals surface area contributed by atoms with Crippen LogP contribution in [0.5, 0.6) is 0 Å². The average Bonchev–Trinajstić information content (AvgIpc) is 2.16. The van der Waals surface area contributed by atoms with Gasteiger partial charge >= 0.3 is 0 Å². The maximum Gasteiger partial charge on any atom is -0.0350 e. The summed E-state index contributed by atoms with van der Waals surface area (Å²) in [6, 6.07) is 0. The van der Waals surface area contributed by atoms with Crippen molar-refractivity contribution in [3.63, 3.8) is 0 Å². The monoisotopic (exact) mass is 173 g/mol. The highest BCUT2D eigenvalue weighted by Gasteiger charge is 1.68. The highest BCUT2D eigenvalue weighted by Crippen LogP contribution is 1.89. The van der Waals surface area contributed by atoms with Gasteiger partial charge in [-0.25, -0.2) is 0 Å². The fourth-order valence-electron chi connectivity index (χ4n) is 0.726. The van der Waals surface area contributed by atoms with Gasteiger partial charge < -0.3 is 0 Å². The molecule has 0 bridgehead atoms. The lowest BCUT2D eigenvalue weighted by atomic mass is 10.3. The van der Waals surface area contributed by atoms with E-state index in [1.807, 2.05) is 30.4 Å². The minimum Gasteiger partial charge on any atom is -0.0845 e. The third kappa shape index (κ3) is 10.7. The summed E-state index contributed by atoms with van der Waals surface area (Å²) in [4.78, 5) is 0. The van der Waals surface area contributed by atoms with Crippen LogP contribution in [-0.4, -0.2) is 0 Å². The van der Waals surface area contributed by atoms with E-state index in [0.717, 1.165) is 6.42 Å². The first-order chi connectivity index (χ1) is 6.41. The third-order valence-corrected chi connectivity index (χ3v) is 1.37. The number of rotatable bonds is 6. The summed E-state index contributed by atoms with van der Waals surface area (Å²) >= 11 is 0. The molecule has 0 rings (SSSR count). The van der Waals surface area contributed by atoms with Crippen LogP contribution in [0.3, 0.4) is 0 Å². The van der Waals surface area contributed by atoms with Gasteiger partial charge in [0.2, 0.25) is 0 Å². The molecule has 0 aromatic carbocycles. The molecule has 0 heteroatoms. The van der Waals surface area contributed by atoms with Crippen molar-refractivity contribution in [3.05, 3.63) is 61.3 Å². The van der Waals surface area contributed by atoms with E-state index in [2.05, 4.69) is 19.1 Å². The van der Waals surface area contributed by atoms with E-state index in [1.54, 1.807) is 6.08 Å². The van der Waals surface area contributed by atoms with Gasteiger partial charge in [-0.1, -0.05) is 74.6 Å². The van der Waals surface area contributed by atoms with Crippen molar-refractivity contribution < 1.29 is 0 Å². The molecule has 0 nitrogen and oxygen atoms in total. The lowest BCUT2D eigenvalue weighted by molar-refractivity contribution is 0.959. The van der Waals surface area contributed by atoms with Gasteiger partial charge in [-0.15, -0.1) is 0 Å². The predicted molar refractivity (Wildman–Crippen MR) is 60.3 cm³/mol. The predicted octanol–water partition coefficient (Wildman–Crippen LogP) is 4.00. The molecule has 0 N–H and O–H groups in total. The molecule has 0 aromatic rings. The summed E-state index contributed by atoms with van der Waals surface area (Å²) in [6.45, 7) is 7.32. The van der Waals surface area contributed by atoms with Crippen molar-refractivity contribution in [2.45, 2.75) is 19.8 Å². The molecule has 0 aliphatic rings. The molecule has 0 aliphatic heterocycles. The molecule has 0 atom stereocenters.